The minimum Gasteiger partial charge on any atom is -0.508 e. The van der Waals surface area contributed by atoms with Crippen LogP contribution in [0, 0.1) is 5.82 Å². The molecule has 122 valence electrons. The van der Waals surface area contributed by atoms with Crippen LogP contribution in [0.15, 0.2) is 42.7 Å². The first kappa shape index (κ1) is 16.9. The van der Waals surface area contributed by atoms with E-state index in [0.29, 0.717) is 19.6 Å². The molecule has 1 aromatic carbocycles. The fourth-order valence-electron chi connectivity index (χ4n) is 2.17. The van der Waals surface area contributed by atoms with Gasteiger partial charge in [-0.25, -0.2) is 4.39 Å². The van der Waals surface area contributed by atoms with Gasteiger partial charge in [0.1, 0.15) is 5.75 Å². The molecule has 5 nitrogen and oxygen atoms in total. The van der Waals surface area contributed by atoms with Crippen molar-refractivity contribution in [3.8, 4) is 5.75 Å². The second-order valence-electron chi connectivity index (χ2n) is 5.56. The first-order valence-electron chi connectivity index (χ1n) is 7.29. The lowest BCUT2D eigenvalue weighted by atomic mass is 10.1. The van der Waals surface area contributed by atoms with Crippen LogP contribution in [-0.2, 0) is 6.54 Å². The molecule has 0 saturated heterocycles. The van der Waals surface area contributed by atoms with Crippen LogP contribution in [0.1, 0.15) is 15.9 Å². The summed E-state index contributed by atoms with van der Waals surface area (Å²) in [7, 11) is 3.81. The normalized spacial score (nSPS) is 10.8. The molecule has 1 heterocycles. The van der Waals surface area contributed by atoms with E-state index in [-0.39, 0.29) is 11.3 Å². The number of aromatic hydroxyl groups is 1. The third-order valence-electron chi connectivity index (χ3n) is 3.39. The molecule has 0 aliphatic heterocycles. The molecule has 0 saturated carbocycles. The molecule has 2 rings (SSSR count). The Hall–Kier alpha value is -2.47. The van der Waals surface area contributed by atoms with Gasteiger partial charge < -0.3 is 14.9 Å². The van der Waals surface area contributed by atoms with E-state index in [1.54, 1.807) is 23.1 Å². The molecule has 0 aliphatic carbocycles. The van der Waals surface area contributed by atoms with Crippen molar-refractivity contribution >= 4 is 5.91 Å². The second-order valence-corrected chi connectivity index (χ2v) is 5.56. The summed E-state index contributed by atoms with van der Waals surface area (Å²) in [5.74, 6) is -0.893. The first-order valence-corrected chi connectivity index (χ1v) is 7.29. The van der Waals surface area contributed by atoms with Gasteiger partial charge in [0.15, 0.2) is 5.82 Å². The van der Waals surface area contributed by atoms with Crippen LogP contribution in [0.4, 0.5) is 4.39 Å². The van der Waals surface area contributed by atoms with E-state index in [2.05, 4.69) is 4.98 Å². The smallest absolute Gasteiger partial charge is 0.257 e. The van der Waals surface area contributed by atoms with Gasteiger partial charge >= 0.3 is 0 Å². The van der Waals surface area contributed by atoms with Crippen molar-refractivity contribution in [2.75, 3.05) is 27.2 Å². The number of likely N-dealkylation sites (N-methyl/N-ethyl adjacent to an activating group) is 1. The summed E-state index contributed by atoms with van der Waals surface area (Å²) in [6, 6.07) is 8.07. The standard InChI is InChI=1S/C17H20FN3O2/c1-20(2)8-9-21(12-13-4-3-5-14(22)10-13)17(23)15-6-7-19-11-16(15)18/h3-7,10-11,22H,8-9,12H2,1-2H3. The molecule has 0 atom stereocenters. The number of nitrogens with zero attached hydrogens (tertiary/aromatic N) is 3. The molecule has 0 bridgehead atoms. The molecule has 2 aromatic rings. The number of halogens is 1. The second kappa shape index (κ2) is 7.69. The highest BCUT2D eigenvalue weighted by Gasteiger charge is 2.19. The SMILES string of the molecule is CN(C)CCN(Cc1cccc(O)c1)C(=O)c1ccncc1F. The Balaban J connectivity index is 2.23. The van der Waals surface area contributed by atoms with Gasteiger partial charge in [-0.1, -0.05) is 12.1 Å². The Bertz CT molecular complexity index is 676. The maximum Gasteiger partial charge on any atom is 0.257 e. The quantitative estimate of drug-likeness (QED) is 0.887. The van der Waals surface area contributed by atoms with Gasteiger partial charge in [0.2, 0.25) is 0 Å². The zero-order chi connectivity index (χ0) is 16.8. The number of amides is 1. The Morgan fingerprint density at radius 2 is 2.04 bits per heavy atom. The van der Waals surface area contributed by atoms with E-state index in [1.165, 1.54) is 12.3 Å². The highest BCUT2D eigenvalue weighted by Crippen LogP contribution is 2.16. The van der Waals surface area contributed by atoms with Crippen molar-refractivity contribution in [1.29, 1.82) is 0 Å². The van der Waals surface area contributed by atoms with E-state index < -0.39 is 11.7 Å². The minimum absolute atomic E-state index is 0.00101. The molecule has 1 amide bonds. The third kappa shape index (κ3) is 4.75. The van der Waals surface area contributed by atoms with E-state index in [0.717, 1.165) is 11.8 Å². The van der Waals surface area contributed by atoms with Crippen molar-refractivity contribution in [1.82, 2.24) is 14.8 Å². The predicted molar refractivity (Wildman–Crippen MR) is 85.6 cm³/mol. The molecule has 23 heavy (non-hydrogen) atoms. The van der Waals surface area contributed by atoms with Crippen molar-refractivity contribution < 1.29 is 14.3 Å². The Morgan fingerprint density at radius 3 is 2.70 bits per heavy atom. The zero-order valence-corrected chi connectivity index (χ0v) is 13.2. The van der Waals surface area contributed by atoms with Gasteiger partial charge in [-0.3, -0.25) is 9.78 Å². The molecule has 0 unspecified atom stereocenters. The number of hydrogen-bond donors (Lipinski definition) is 1. The monoisotopic (exact) mass is 317 g/mol. The van der Waals surface area contributed by atoms with Gasteiger partial charge in [0.05, 0.1) is 11.8 Å². The molecule has 0 aliphatic rings. The number of hydrogen-bond acceptors (Lipinski definition) is 4. The topological polar surface area (TPSA) is 56.7 Å². The highest BCUT2D eigenvalue weighted by atomic mass is 19.1. The van der Waals surface area contributed by atoms with E-state index >= 15 is 0 Å². The lowest BCUT2D eigenvalue weighted by molar-refractivity contribution is 0.0727. The maximum absolute atomic E-state index is 13.8. The van der Waals surface area contributed by atoms with Crippen molar-refractivity contribution in [3.63, 3.8) is 0 Å². The average Bonchev–Trinajstić information content (AvgIpc) is 2.51. The fourth-order valence-corrected chi connectivity index (χ4v) is 2.17. The Labute approximate surface area is 135 Å². The average molecular weight is 317 g/mol. The van der Waals surface area contributed by atoms with Crippen LogP contribution in [0.25, 0.3) is 0 Å². The summed E-state index contributed by atoms with van der Waals surface area (Å²) < 4.78 is 13.8. The van der Waals surface area contributed by atoms with E-state index in [1.807, 2.05) is 25.1 Å². The summed E-state index contributed by atoms with van der Waals surface area (Å²) >= 11 is 0. The molecule has 0 spiro atoms. The number of phenols is 1. The predicted octanol–water partition coefficient (Wildman–Crippen LogP) is 2.13. The summed E-state index contributed by atoms with van der Waals surface area (Å²) in [6.07, 6.45) is 2.43. The molecule has 0 radical (unpaired) electrons. The van der Waals surface area contributed by atoms with Crippen LogP contribution in [-0.4, -0.2) is 53.0 Å². The number of pyridine rings is 1. The van der Waals surface area contributed by atoms with E-state index in [9.17, 15) is 14.3 Å². The summed E-state index contributed by atoms with van der Waals surface area (Å²) in [4.78, 5) is 19.8. The molecule has 0 fully saturated rings. The first-order chi connectivity index (χ1) is 11.0. The Kier molecular flexibility index (Phi) is 5.65. The van der Waals surface area contributed by atoms with Crippen LogP contribution >= 0.6 is 0 Å². The van der Waals surface area contributed by atoms with Crippen molar-refractivity contribution in [3.05, 3.63) is 59.7 Å². The number of rotatable bonds is 6. The number of phenolic OH excluding ortho intramolecular Hbond substituents is 1. The van der Waals surface area contributed by atoms with E-state index in [4.69, 9.17) is 0 Å². The summed E-state index contributed by atoms with van der Waals surface area (Å²) in [6.45, 7) is 1.39. The zero-order valence-electron chi connectivity index (χ0n) is 13.2. The molecule has 6 heteroatoms. The maximum atomic E-state index is 13.8. The molecular formula is C17H20FN3O2. The van der Waals surface area contributed by atoms with Crippen LogP contribution in [0.5, 0.6) is 5.75 Å². The molecule has 1 N–H and O–H groups in total. The molecular weight excluding hydrogens is 297 g/mol. The van der Waals surface area contributed by atoms with Crippen molar-refractivity contribution in [2.24, 2.45) is 0 Å². The van der Waals surface area contributed by atoms with Gasteiger partial charge in [0, 0.05) is 25.8 Å². The molecule has 1 aromatic heterocycles. The van der Waals surface area contributed by atoms with Gasteiger partial charge in [-0.2, -0.15) is 0 Å². The number of benzene rings is 1. The van der Waals surface area contributed by atoms with Gasteiger partial charge in [0.25, 0.3) is 5.91 Å². The highest BCUT2D eigenvalue weighted by molar-refractivity contribution is 5.94. The van der Waals surface area contributed by atoms with Crippen LogP contribution in [0.3, 0.4) is 0 Å². The largest absolute Gasteiger partial charge is 0.508 e. The third-order valence-corrected chi connectivity index (χ3v) is 3.39. The number of aromatic nitrogens is 1. The lowest BCUT2D eigenvalue weighted by Gasteiger charge is -2.25. The number of carbonyl (C=O) groups excluding carboxylic acids is 1. The minimum atomic E-state index is -0.636. The van der Waals surface area contributed by atoms with Crippen molar-refractivity contribution in [2.45, 2.75) is 6.54 Å². The summed E-state index contributed by atoms with van der Waals surface area (Å²) in [5.41, 5.74) is 0.783. The van der Waals surface area contributed by atoms with Crippen LogP contribution < -0.4 is 0 Å². The summed E-state index contributed by atoms with van der Waals surface area (Å²) in [5, 5.41) is 9.56. The van der Waals surface area contributed by atoms with Crippen LogP contribution in [0.2, 0.25) is 0 Å². The van der Waals surface area contributed by atoms with Gasteiger partial charge in [-0.15, -0.1) is 0 Å². The number of carbonyl (C=O) groups is 1. The Morgan fingerprint density at radius 1 is 1.26 bits per heavy atom. The van der Waals surface area contributed by atoms with Gasteiger partial charge in [-0.05, 0) is 37.9 Å². The lowest BCUT2D eigenvalue weighted by Crippen LogP contribution is -2.36. The fraction of sp³-hybridized carbons (Fsp3) is 0.294.